The Morgan fingerprint density at radius 1 is 1.11 bits per heavy atom. The minimum Gasteiger partial charge on any atom is -0.324 e. The molecule has 0 saturated heterocycles. The van der Waals surface area contributed by atoms with E-state index < -0.39 is 0 Å². The van der Waals surface area contributed by atoms with Crippen LogP contribution >= 0.6 is 15.9 Å². The van der Waals surface area contributed by atoms with E-state index in [1.54, 1.807) is 0 Å². The van der Waals surface area contributed by atoms with E-state index in [1.165, 1.54) is 11.1 Å². The quantitative estimate of drug-likeness (QED) is 0.695. The second-order valence-electron chi connectivity index (χ2n) is 4.36. The van der Waals surface area contributed by atoms with Gasteiger partial charge in [-0.05, 0) is 30.7 Å². The van der Waals surface area contributed by atoms with E-state index in [0.29, 0.717) is 0 Å². The Morgan fingerprint density at radius 3 is 2.67 bits per heavy atom. The average molecular weight is 301 g/mol. The third-order valence-electron chi connectivity index (χ3n) is 3.08. The molecule has 0 aliphatic heterocycles. The van der Waals surface area contributed by atoms with Crippen LogP contribution in [-0.4, -0.2) is 9.55 Å². The second-order valence-corrected chi connectivity index (χ2v) is 5.28. The van der Waals surface area contributed by atoms with Crippen LogP contribution in [0.5, 0.6) is 0 Å². The number of benzene rings is 2. The predicted molar refractivity (Wildman–Crippen MR) is 77.7 cm³/mol. The minimum atomic E-state index is 0.866. The van der Waals surface area contributed by atoms with Gasteiger partial charge < -0.3 is 4.57 Å². The molecule has 2 aromatic carbocycles. The molecule has 2 nitrogen and oxygen atoms in total. The van der Waals surface area contributed by atoms with Gasteiger partial charge in [-0.2, -0.15) is 0 Å². The summed E-state index contributed by atoms with van der Waals surface area (Å²) in [7, 11) is 0. The summed E-state index contributed by atoms with van der Waals surface area (Å²) in [6.45, 7) is 2.92. The van der Waals surface area contributed by atoms with E-state index in [0.717, 1.165) is 22.4 Å². The molecule has 0 atom stereocenters. The van der Waals surface area contributed by atoms with Gasteiger partial charge in [-0.1, -0.05) is 46.3 Å². The first kappa shape index (κ1) is 11.5. The molecule has 0 N–H and O–H groups in total. The molecule has 1 heterocycles. The molecular formula is C15H13BrN2. The first-order valence-corrected chi connectivity index (χ1v) is 6.69. The first-order valence-electron chi connectivity index (χ1n) is 5.90. The molecule has 0 radical (unpaired) electrons. The van der Waals surface area contributed by atoms with Crippen molar-refractivity contribution in [3.05, 3.63) is 64.4 Å². The SMILES string of the molecule is Cc1nc2cc(Br)ccc2n1Cc1ccccc1. The Balaban J connectivity index is 2.09. The Kier molecular flexibility index (Phi) is 2.92. The fourth-order valence-electron chi connectivity index (χ4n) is 2.19. The molecule has 3 rings (SSSR count). The smallest absolute Gasteiger partial charge is 0.107 e. The zero-order valence-corrected chi connectivity index (χ0v) is 11.7. The highest BCUT2D eigenvalue weighted by Crippen LogP contribution is 2.21. The van der Waals surface area contributed by atoms with Crippen LogP contribution in [-0.2, 0) is 6.54 Å². The van der Waals surface area contributed by atoms with E-state index >= 15 is 0 Å². The molecule has 18 heavy (non-hydrogen) atoms. The number of rotatable bonds is 2. The van der Waals surface area contributed by atoms with Crippen LogP contribution in [0.15, 0.2) is 53.0 Å². The van der Waals surface area contributed by atoms with Crippen molar-refractivity contribution in [2.24, 2.45) is 0 Å². The first-order chi connectivity index (χ1) is 8.74. The summed E-state index contributed by atoms with van der Waals surface area (Å²) in [4.78, 5) is 4.60. The molecule has 0 bridgehead atoms. The van der Waals surface area contributed by atoms with E-state index in [4.69, 9.17) is 0 Å². The number of nitrogens with zero attached hydrogens (tertiary/aromatic N) is 2. The molecule has 90 valence electrons. The van der Waals surface area contributed by atoms with Gasteiger partial charge in [0.1, 0.15) is 5.82 Å². The lowest BCUT2D eigenvalue weighted by molar-refractivity contribution is 0.786. The van der Waals surface area contributed by atoms with Crippen molar-refractivity contribution >= 4 is 27.0 Å². The van der Waals surface area contributed by atoms with Crippen LogP contribution in [0.1, 0.15) is 11.4 Å². The van der Waals surface area contributed by atoms with Crippen molar-refractivity contribution in [2.45, 2.75) is 13.5 Å². The highest BCUT2D eigenvalue weighted by atomic mass is 79.9. The summed E-state index contributed by atoms with van der Waals surface area (Å²) < 4.78 is 3.32. The third kappa shape index (κ3) is 2.06. The van der Waals surface area contributed by atoms with Gasteiger partial charge in [0.05, 0.1) is 11.0 Å². The minimum absolute atomic E-state index is 0.866. The largest absolute Gasteiger partial charge is 0.324 e. The highest BCUT2D eigenvalue weighted by molar-refractivity contribution is 9.10. The van der Waals surface area contributed by atoms with Crippen LogP contribution in [0, 0.1) is 6.92 Å². The lowest BCUT2D eigenvalue weighted by Gasteiger charge is -2.06. The van der Waals surface area contributed by atoms with Crippen LogP contribution in [0.3, 0.4) is 0 Å². The van der Waals surface area contributed by atoms with Gasteiger partial charge in [-0.3, -0.25) is 0 Å². The molecule has 0 aliphatic carbocycles. The Hall–Kier alpha value is -1.61. The molecule has 0 aliphatic rings. The number of aromatic nitrogens is 2. The number of hydrogen-bond donors (Lipinski definition) is 0. The monoisotopic (exact) mass is 300 g/mol. The number of imidazole rings is 1. The van der Waals surface area contributed by atoms with Crippen LogP contribution in [0.2, 0.25) is 0 Å². The molecule has 0 spiro atoms. The highest BCUT2D eigenvalue weighted by Gasteiger charge is 2.07. The lowest BCUT2D eigenvalue weighted by Crippen LogP contribution is -2.01. The van der Waals surface area contributed by atoms with Crippen molar-refractivity contribution in [1.82, 2.24) is 9.55 Å². The van der Waals surface area contributed by atoms with Gasteiger partial charge in [0.2, 0.25) is 0 Å². The van der Waals surface area contributed by atoms with Crippen molar-refractivity contribution in [2.75, 3.05) is 0 Å². The normalized spacial score (nSPS) is 11.0. The van der Waals surface area contributed by atoms with Gasteiger partial charge in [0, 0.05) is 11.0 Å². The van der Waals surface area contributed by atoms with Gasteiger partial charge in [-0.25, -0.2) is 4.98 Å². The number of aryl methyl sites for hydroxylation is 1. The second kappa shape index (κ2) is 4.58. The summed E-state index contributed by atoms with van der Waals surface area (Å²) in [5, 5.41) is 0. The summed E-state index contributed by atoms with van der Waals surface area (Å²) in [5.41, 5.74) is 3.51. The maximum Gasteiger partial charge on any atom is 0.107 e. The molecule has 0 saturated carbocycles. The van der Waals surface area contributed by atoms with E-state index in [9.17, 15) is 0 Å². The van der Waals surface area contributed by atoms with E-state index in [-0.39, 0.29) is 0 Å². The van der Waals surface area contributed by atoms with Gasteiger partial charge >= 0.3 is 0 Å². The van der Waals surface area contributed by atoms with Gasteiger partial charge in [0.15, 0.2) is 0 Å². The fraction of sp³-hybridized carbons (Fsp3) is 0.133. The third-order valence-corrected chi connectivity index (χ3v) is 3.58. The van der Waals surface area contributed by atoms with Crippen molar-refractivity contribution in [3.8, 4) is 0 Å². The van der Waals surface area contributed by atoms with Gasteiger partial charge in [-0.15, -0.1) is 0 Å². The number of hydrogen-bond acceptors (Lipinski definition) is 1. The topological polar surface area (TPSA) is 17.8 Å². The van der Waals surface area contributed by atoms with Crippen LogP contribution in [0.4, 0.5) is 0 Å². The number of halogens is 1. The van der Waals surface area contributed by atoms with Crippen LogP contribution < -0.4 is 0 Å². The average Bonchev–Trinajstić information content (AvgIpc) is 2.66. The predicted octanol–water partition coefficient (Wildman–Crippen LogP) is 4.16. The molecule has 0 unspecified atom stereocenters. The lowest BCUT2D eigenvalue weighted by atomic mass is 10.2. The van der Waals surface area contributed by atoms with Gasteiger partial charge in [0.25, 0.3) is 0 Å². The summed E-state index contributed by atoms with van der Waals surface area (Å²) in [5.74, 6) is 1.05. The molecule has 1 aromatic heterocycles. The van der Waals surface area contributed by atoms with Crippen molar-refractivity contribution in [1.29, 1.82) is 0 Å². The molecular weight excluding hydrogens is 288 g/mol. The molecule has 3 heteroatoms. The van der Waals surface area contributed by atoms with Crippen LogP contribution in [0.25, 0.3) is 11.0 Å². The summed E-state index contributed by atoms with van der Waals surface area (Å²) in [6, 6.07) is 16.7. The zero-order chi connectivity index (χ0) is 12.5. The van der Waals surface area contributed by atoms with Crippen molar-refractivity contribution < 1.29 is 0 Å². The van der Waals surface area contributed by atoms with Crippen molar-refractivity contribution in [3.63, 3.8) is 0 Å². The molecule has 3 aromatic rings. The number of fused-ring (bicyclic) bond motifs is 1. The summed E-state index contributed by atoms with van der Waals surface area (Å²) >= 11 is 3.48. The maximum absolute atomic E-state index is 4.60. The summed E-state index contributed by atoms with van der Waals surface area (Å²) in [6.07, 6.45) is 0. The fourth-order valence-corrected chi connectivity index (χ4v) is 2.54. The Labute approximate surface area is 114 Å². The Bertz CT molecular complexity index is 686. The maximum atomic E-state index is 4.60. The zero-order valence-electron chi connectivity index (χ0n) is 10.1. The Morgan fingerprint density at radius 2 is 1.89 bits per heavy atom. The standard InChI is InChI=1S/C15H13BrN2/c1-11-17-14-9-13(16)7-8-15(14)18(11)10-12-5-3-2-4-6-12/h2-9H,10H2,1H3. The molecule has 0 fully saturated rings. The van der Waals surface area contributed by atoms with E-state index in [1.807, 2.05) is 6.07 Å². The van der Waals surface area contributed by atoms with E-state index in [2.05, 4.69) is 74.9 Å². The molecule has 0 amide bonds.